The van der Waals surface area contributed by atoms with Gasteiger partial charge in [0, 0.05) is 29.9 Å². The van der Waals surface area contributed by atoms with Crippen LogP contribution in [0.5, 0.6) is 0 Å². The predicted molar refractivity (Wildman–Crippen MR) is 164 cm³/mol. The Bertz CT molecular complexity index is 1880. The Hall–Kier alpha value is -5.13. The monoisotopic (exact) mass is 711 g/mol. The number of benzene rings is 2. The van der Waals surface area contributed by atoms with Crippen molar-refractivity contribution in [2.24, 2.45) is 10.7 Å². The lowest BCUT2D eigenvalue weighted by Gasteiger charge is -2.31. The van der Waals surface area contributed by atoms with Crippen LogP contribution in [0.3, 0.4) is 0 Å². The minimum Gasteiger partial charge on any atom is -0.447 e. The van der Waals surface area contributed by atoms with E-state index in [9.17, 15) is 31.5 Å². The first-order valence-electron chi connectivity index (χ1n) is 14.6. The van der Waals surface area contributed by atoms with E-state index in [-0.39, 0.29) is 33.4 Å². The van der Waals surface area contributed by atoms with Gasteiger partial charge in [-0.3, -0.25) is 19.4 Å². The summed E-state index contributed by atoms with van der Waals surface area (Å²) in [7, 11) is 1.23. The molecule has 2 heterocycles. The Balaban J connectivity index is 1.53. The molecule has 4 aromatic rings. The van der Waals surface area contributed by atoms with Gasteiger partial charge in [0.25, 0.3) is 12.3 Å². The quantitative estimate of drug-likeness (QED) is 0.117. The van der Waals surface area contributed by atoms with Crippen molar-refractivity contribution in [1.29, 1.82) is 0 Å². The lowest BCUT2D eigenvalue weighted by Crippen LogP contribution is -2.47. The molecule has 1 fully saturated rings. The summed E-state index contributed by atoms with van der Waals surface area (Å²) in [6.07, 6.45) is -3.38. The van der Waals surface area contributed by atoms with Crippen LogP contribution in [0.2, 0.25) is 5.02 Å². The number of nitrogens with two attached hydrogens (primary N) is 1. The van der Waals surface area contributed by atoms with Gasteiger partial charge in [0.1, 0.15) is 24.8 Å². The van der Waals surface area contributed by atoms with Crippen LogP contribution in [-0.4, -0.2) is 73.3 Å². The van der Waals surface area contributed by atoms with Gasteiger partial charge in [0.15, 0.2) is 11.8 Å². The highest BCUT2D eigenvalue weighted by atomic mass is 35.5. The maximum atomic E-state index is 15.5. The molecule has 0 unspecified atom stereocenters. The van der Waals surface area contributed by atoms with E-state index in [0.29, 0.717) is 12.5 Å². The van der Waals surface area contributed by atoms with Crippen LogP contribution in [0, 0.1) is 5.82 Å². The highest BCUT2D eigenvalue weighted by Crippen LogP contribution is 2.36. The third kappa shape index (κ3) is 7.79. The van der Waals surface area contributed by atoms with Gasteiger partial charge in [0.05, 0.1) is 29.0 Å². The molecular formula is C30H28ClF6N9O3. The number of hydrogen-bond donors (Lipinski definition) is 2. The van der Waals surface area contributed by atoms with Gasteiger partial charge in [-0.25, -0.2) is 27.6 Å². The molecule has 12 nitrogen and oxygen atoms in total. The fourth-order valence-electron chi connectivity index (χ4n) is 4.81. The number of rotatable bonds is 10. The Morgan fingerprint density at radius 2 is 1.92 bits per heavy atom. The minimum absolute atomic E-state index is 0.0383. The third-order valence-electron chi connectivity index (χ3n) is 7.61. The van der Waals surface area contributed by atoms with Gasteiger partial charge in [-0.05, 0) is 49.6 Å². The van der Waals surface area contributed by atoms with Crippen molar-refractivity contribution in [3.63, 3.8) is 0 Å². The van der Waals surface area contributed by atoms with Gasteiger partial charge < -0.3 is 15.8 Å². The van der Waals surface area contributed by atoms with Crippen molar-refractivity contribution in [2.75, 3.05) is 13.7 Å². The van der Waals surface area contributed by atoms with Crippen molar-refractivity contribution >= 4 is 29.6 Å². The highest BCUT2D eigenvalue weighted by molar-refractivity contribution is 6.32. The summed E-state index contributed by atoms with van der Waals surface area (Å²) in [6.45, 7) is -0.144. The number of alkyl carbamates (subject to hydrolysis) is 1. The van der Waals surface area contributed by atoms with Crippen molar-refractivity contribution in [3.8, 4) is 16.8 Å². The number of alkyl halides is 5. The molecule has 0 saturated heterocycles. The Labute approximate surface area is 279 Å². The van der Waals surface area contributed by atoms with E-state index in [1.54, 1.807) is 16.2 Å². The smallest absolute Gasteiger partial charge is 0.408 e. The molecule has 2 amide bonds. The Morgan fingerprint density at radius 3 is 2.55 bits per heavy atom. The first-order chi connectivity index (χ1) is 23.2. The lowest BCUT2D eigenvalue weighted by molar-refractivity contribution is -0.150. The largest absolute Gasteiger partial charge is 0.447 e. The zero-order valence-corrected chi connectivity index (χ0v) is 26.5. The molecule has 0 bridgehead atoms. The van der Waals surface area contributed by atoms with Crippen LogP contribution in [0.1, 0.15) is 60.0 Å². The third-order valence-corrected chi connectivity index (χ3v) is 7.93. The number of carbonyl (C=O) groups is 2. The summed E-state index contributed by atoms with van der Waals surface area (Å²) in [6, 6.07) is 3.93. The van der Waals surface area contributed by atoms with Crippen molar-refractivity contribution < 1.29 is 40.7 Å². The first-order valence-corrected chi connectivity index (χ1v) is 14.9. The number of guanidine groups is 1. The van der Waals surface area contributed by atoms with E-state index in [2.05, 4.69) is 20.2 Å². The van der Waals surface area contributed by atoms with E-state index < -0.39 is 60.9 Å². The summed E-state index contributed by atoms with van der Waals surface area (Å²) in [5.41, 5.74) is 6.47. The normalized spacial score (nSPS) is 14.9. The molecule has 1 aliphatic carbocycles. The predicted octanol–water partition coefficient (Wildman–Crippen LogP) is 6.00. The summed E-state index contributed by atoms with van der Waals surface area (Å²) in [5.74, 6) is -2.97. The van der Waals surface area contributed by atoms with Crippen LogP contribution in [0.25, 0.3) is 16.8 Å². The van der Waals surface area contributed by atoms with Crippen LogP contribution in [-0.2, 0) is 4.74 Å². The number of carbonyl (C=O) groups excluding carboxylic acids is 2. The molecule has 2 aromatic carbocycles. The number of nitrogens with one attached hydrogen (secondary N) is 1. The van der Waals surface area contributed by atoms with E-state index in [4.69, 9.17) is 22.1 Å². The SMILES string of the molecule is CN=C(N)N(C(=O)c1ccc(-c2cnn(C3CC3)c2)c(F)c1)[C@H](COC(=O)N[C@@H](C)C(F)(F)F)c1ccc(Cl)c(-n2ncnc2C(F)F)c1. The number of aliphatic imine (C=N–C) groups is 1. The molecule has 1 aliphatic rings. The minimum atomic E-state index is -4.79. The molecule has 0 spiro atoms. The van der Waals surface area contributed by atoms with Crippen LogP contribution >= 0.6 is 11.6 Å². The maximum absolute atomic E-state index is 15.5. The molecule has 260 valence electrons. The second-order valence-corrected chi connectivity index (χ2v) is 11.4. The second kappa shape index (κ2) is 14.2. The molecule has 3 N–H and O–H groups in total. The van der Waals surface area contributed by atoms with Crippen molar-refractivity contribution in [2.45, 2.75) is 50.5 Å². The van der Waals surface area contributed by atoms with E-state index >= 15 is 4.39 Å². The van der Waals surface area contributed by atoms with Gasteiger partial charge in [-0.2, -0.15) is 23.4 Å². The molecule has 2 aromatic heterocycles. The van der Waals surface area contributed by atoms with Gasteiger partial charge in [-0.15, -0.1) is 0 Å². The number of nitrogens with zero attached hydrogens (tertiary/aromatic N) is 7. The molecule has 0 aliphatic heterocycles. The van der Waals surface area contributed by atoms with Crippen molar-refractivity contribution in [3.05, 3.63) is 82.9 Å². The summed E-state index contributed by atoms with van der Waals surface area (Å²) in [5, 5.41) is 9.62. The fraction of sp³-hybridized carbons (Fsp3) is 0.333. The molecule has 2 atom stereocenters. The number of aromatic nitrogens is 5. The van der Waals surface area contributed by atoms with Gasteiger partial charge in [0.2, 0.25) is 0 Å². The van der Waals surface area contributed by atoms with E-state index in [1.807, 2.05) is 0 Å². The molecule has 49 heavy (non-hydrogen) atoms. The van der Waals surface area contributed by atoms with Gasteiger partial charge >= 0.3 is 12.3 Å². The van der Waals surface area contributed by atoms with Crippen LogP contribution in [0.4, 0.5) is 31.1 Å². The average Bonchev–Trinajstić information content (AvgIpc) is 3.57. The molecule has 5 rings (SSSR count). The van der Waals surface area contributed by atoms with Crippen LogP contribution in [0.15, 0.2) is 60.1 Å². The number of hydrogen-bond acceptors (Lipinski definition) is 7. The van der Waals surface area contributed by atoms with E-state index in [0.717, 1.165) is 34.8 Å². The molecule has 19 heteroatoms. The Kier molecular flexibility index (Phi) is 10.2. The summed E-state index contributed by atoms with van der Waals surface area (Å²) < 4.78 is 89.7. The second-order valence-electron chi connectivity index (χ2n) is 11.0. The lowest BCUT2D eigenvalue weighted by atomic mass is 10.0. The average molecular weight is 712 g/mol. The molecule has 1 saturated carbocycles. The summed E-state index contributed by atoms with van der Waals surface area (Å²) in [4.78, 5) is 34.7. The Morgan fingerprint density at radius 1 is 1.18 bits per heavy atom. The maximum Gasteiger partial charge on any atom is 0.408 e. The number of ether oxygens (including phenoxy) is 1. The molecular weight excluding hydrogens is 684 g/mol. The van der Waals surface area contributed by atoms with Gasteiger partial charge in [-0.1, -0.05) is 23.7 Å². The standard InChI is InChI=1S/C30H28ClF6N9O3/c1-15(30(35,36)37)43-29(48)49-13-24(16-4-8-21(31)23(10-16)46-26(25(33)34)40-14-42-46)45(28(38)39-2)27(47)17-3-7-20(22(32)9-17)18-11-41-44(12-18)19-5-6-19/h3-4,7-12,14-15,19,24-25H,5-6,13H2,1-2H3,(H2,38,39)(H,43,48)/t15-,24+/m0/s1. The summed E-state index contributed by atoms with van der Waals surface area (Å²) >= 11 is 6.32. The first kappa shape index (κ1) is 35.2. The zero-order valence-electron chi connectivity index (χ0n) is 25.7. The number of amides is 2. The zero-order chi connectivity index (χ0) is 35.6. The topological polar surface area (TPSA) is 146 Å². The van der Waals surface area contributed by atoms with E-state index in [1.165, 1.54) is 43.6 Å². The fourth-order valence-corrected chi connectivity index (χ4v) is 5.01. The highest BCUT2D eigenvalue weighted by Gasteiger charge is 2.38. The molecule has 0 radical (unpaired) electrons. The van der Waals surface area contributed by atoms with Crippen molar-refractivity contribution in [1.82, 2.24) is 34.8 Å². The number of halogens is 7. The van der Waals surface area contributed by atoms with Crippen LogP contribution < -0.4 is 11.1 Å².